The third-order valence-corrected chi connectivity index (χ3v) is 7.69. The number of nitrogens with zero attached hydrogens (tertiary/aromatic N) is 4. The van der Waals surface area contributed by atoms with Gasteiger partial charge in [0.05, 0.1) is 31.5 Å². The number of rotatable bonds is 7. The Kier molecular flexibility index (Phi) is 6.97. The second kappa shape index (κ2) is 9.53. The van der Waals surface area contributed by atoms with Gasteiger partial charge >= 0.3 is 0 Å². The van der Waals surface area contributed by atoms with Crippen LogP contribution >= 0.6 is 15.9 Å². The van der Waals surface area contributed by atoms with Crippen molar-refractivity contribution in [1.82, 2.24) is 19.3 Å². The van der Waals surface area contributed by atoms with E-state index in [1.54, 1.807) is 29.1 Å². The monoisotopic (exact) mass is 514 g/mol. The molecule has 0 unspecified atom stereocenters. The molecule has 0 spiro atoms. The number of aromatic nitrogens is 3. The van der Waals surface area contributed by atoms with Crippen LogP contribution in [0.5, 0.6) is 5.75 Å². The number of aryl methyl sites for hydroxylation is 1. The molecule has 0 saturated carbocycles. The second-order valence-electron chi connectivity index (χ2n) is 8.17. The van der Waals surface area contributed by atoms with Crippen LogP contribution in [0.1, 0.15) is 32.4 Å². The van der Waals surface area contributed by atoms with Crippen molar-refractivity contribution < 1.29 is 22.6 Å². The highest BCUT2D eigenvalue weighted by molar-refractivity contribution is 9.10. The van der Waals surface area contributed by atoms with E-state index in [2.05, 4.69) is 40.1 Å². The minimum absolute atomic E-state index is 0.134. The minimum atomic E-state index is -3.77. The molecular formula is C20H27BrN4O5S. The van der Waals surface area contributed by atoms with Crippen molar-refractivity contribution >= 4 is 26.0 Å². The van der Waals surface area contributed by atoms with Gasteiger partial charge in [-0.2, -0.15) is 4.31 Å². The molecule has 2 aliphatic heterocycles. The average Bonchev–Trinajstić information content (AvgIpc) is 3.37. The van der Waals surface area contributed by atoms with Crippen LogP contribution in [-0.4, -0.2) is 59.9 Å². The average molecular weight is 515 g/mol. The number of benzene rings is 1. The van der Waals surface area contributed by atoms with E-state index in [0.29, 0.717) is 50.0 Å². The smallest absolute Gasteiger partial charge is 0.247 e. The largest absolute Gasteiger partial charge is 0.490 e. The molecule has 170 valence electrons. The maximum Gasteiger partial charge on any atom is 0.247 e. The van der Waals surface area contributed by atoms with Crippen molar-refractivity contribution in [1.29, 1.82) is 0 Å². The summed E-state index contributed by atoms with van der Waals surface area (Å²) < 4.78 is 48.0. The van der Waals surface area contributed by atoms with Crippen LogP contribution in [0.3, 0.4) is 0 Å². The van der Waals surface area contributed by atoms with Crippen molar-refractivity contribution in [2.45, 2.75) is 57.0 Å². The minimum Gasteiger partial charge on any atom is -0.490 e. The Bertz CT molecular complexity index is 1010. The van der Waals surface area contributed by atoms with Crippen LogP contribution in [0.15, 0.2) is 33.8 Å². The summed E-state index contributed by atoms with van der Waals surface area (Å²) in [6.45, 7) is 6.36. The van der Waals surface area contributed by atoms with Gasteiger partial charge in [0.1, 0.15) is 17.3 Å². The van der Waals surface area contributed by atoms with Gasteiger partial charge in [0.2, 0.25) is 10.0 Å². The van der Waals surface area contributed by atoms with Crippen molar-refractivity contribution in [3.8, 4) is 5.75 Å². The van der Waals surface area contributed by atoms with Gasteiger partial charge in [-0.3, -0.25) is 4.68 Å². The lowest BCUT2D eigenvalue weighted by atomic mass is 10.0. The molecule has 2 aliphatic rings. The van der Waals surface area contributed by atoms with E-state index in [1.165, 1.54) is 4.31 Å². The van der Waals surface area contributed by atoms with Gasteiger partial charge in [-0.15, -0.1) is 5.10 Å². The number of hydrogen-bond acceptors (Lipinski definition) is 7. The van der Waals surface area contributed by atoms with Gasteiger partial charge in [-0.1, -0.05) is 35.0 Å². The topological polar surface area (TPSA) is 95.8 Å². The molecule has 1 saturated heterocycles. The summed E-state index contributed by atoms with van der Waals surface area (Å²) in [6.07, 6.45) is 2.91. The van der Waals surface area contributed by atoms with Gasteiger partial charge in [0.25, 0.3) is 0 Å². The summed E-state index contributed by atoms with van der Waals surface area (Å²) in [5, 5.41) is 8.36. The van der Waals surface area contributed by atoms with Crippen LogP contribution in [-0.2, 0) is 32.6 Å². The standard InChI is InChI=1S/C20H27BrN4O5S/c1-14(2)9-17-13-30-18-10-15(21)3-4-19(18)31(26,27)25(17)12-16-11-24(23-22-16)6-5-20-28-7-8-29-20/h3-4,10-11,14,17,20H,5-9,12-13H2,1-2H3/t17-/m0/s1. The Labute approximate surface area is 190 Å². The molecule has 0 amide bonds. The summed E-state index contributed by atoms with van der Waals surface area (Å²) >= 11 is 3.39. The number of ether oxygens (including phenoxy) is 3. The molecule has 9 nitrogen and oxygen atoms in total. The molecular weight excluding hydrogens is 488 g/mol. The highest BCUT2D eigenvalue weighted by Gasteiger charge is 2.38. The van der Waals surface area contributed by atoms with Crippen molar-refractivity contribution in [3.63, 3.8) is 0 Å². The van der Waals surface area contributed by atoms with Crippen molar-refractivity contribution in [3.05, 3.63) is 34.6 Å². The summed E-state index contributed by atoms with van der Waals surface area (Å²) in [4.78, 5) is 0.171. The molecule has 2 aromatic rings. The Hall–Kier alpha value is -1.53. The quantitative estimate of drug-likeness (QED) is 0.560. The Morgan fingerprint density at radius 2 is 2.03 bits per heavy atom. The summed E-state index contributed by atoms with van der Waals surface area (Å²) in [7, 11) is -3.77. The molecule has 3 heterocycles. The molecule has 0 aliphatic carbocycles. The third-order valence-electron chi connectivity index (χ3n) is 5.26. The van der Waals surface area contributed by atoms with Crippen LogP contribution in [0, 0.1) is 5.92 Å². The third kappa shape index (κ3) is 5.28. The maximum absolute atomic E-state index is 13.6. The summed E-state index contributed by atoms with van der Waals surface area (Å²) in [5.41, 5.74) is 0.589. The molecule has 0 N–H and O–H groups in total. The first-order valence-electron chi connectivity index (χ1n) is 10.4. The molecule has 31 heavy (non-hydrogen) atoms. The maximum atomic E-state index is 13.6. The first kappa shape index (κ1) is 22.7. The number of halogens is 1. The Balaban J connectivity index is 1.56. The molecule has 1 fully saturated rings. The van der Waals surface area contributed by atoms with Crippen LogP contribution in [0.2, 0.25) is 0 Å². The fourth-order valence-corrected chi connectivity index (χ4v) is 5.88. The lowest BCUT2D eigenvalue weighted by Crippen LogP contribution is -2.42. The van der Waals surface area contributed by atoms with E-state index in [9.17, 15) is 8.42 Å². The zero-order valence-corrected chi connectivity index (χ0v) is 20.0. The first-order chi connectivity index (χ1) is 14.8. The normalized spacial score (nSPS) is 21.7. The van der Waals surface area contributed by atoms with E-state index in [1.807, 2.05) is 0 Å². The molecule has 0 bridgehead atoms. The molecule has 1 atom stereocenters. The van der Waals surface area contributed by atoms with E-state index in [4.69, 9.17) is 14.2 Å². The van der Waals surface area contributed by atoms with E-state index >= 15 is 0 Å². The first-order valence-corrected chi connectivity index (χ1v) is 12.6. The van der Waals surface area contributed by atoms with Crippen molar-refractivity contribution in [2.75, 3.05) is 19.8 Å². The highest BCUT2D eigenvalue weighted by atomic mass is 79.9. The van der Waals surface area contributed by atoms with Crippen LogP contribution in [0.25, 0.3) is 0 Å². The van der Waals surface area contributed by atoms with Gasteiger partial charge < -0.3 is 14.2 Å². The number of fused-ring (bicyclic) bond motifs is 1. The predicted molar refractivity (Wildman–Crippen MR) is 116 cm³/mol. The lowest BCUT2D eigenvalue weighted by Gasteiger charge is -2.28. The molecule has 0 radical (unpaired) electrons. The summed E-state index contributed by atoms with van der Waals surface area (Å²) in [5.74, 6) is 0.673. The van der Waals surface area contributed by atoms with Gasteiger partial charge in [0.15, 0.2) is 6.29 Å². The Morgan fingerprint density at radius 3 is 2.77 bits per heavy atom. The summed E-state index contributed by atoms with van der Waals surface area (Å²) in [6, 6.07) is 4.69. The number of sulfonamides is 1. The van der Waals surface area contributed by atoms with E-state index in [-0.39, 0.29) is 30.4 Å². The fourth-order valence-electron chi connectivity index (χ4n) is 3.83. The van der Waals surface area contributed by atoms with Gasteiger partial charge in [-0.25, -0.2) is 8.42 Å². The van der Waals surface area contributed by atoms with Crippen LogP contribution in [0.4, 0.5) is 0 Å². The fraction of sp³-hybridized carbons (Fsp3) is 0.600. The zero-order chi connectivity index (χ0) is 22.0. The number of hydrogen-bond donors (Lipinski definition) is 0. The van der Waals surface area contributed by atoms with E-state index in [0.717, 1.165) is 4.47 Å². The van der Waals surface area contributed by atoms with Gasteiger partial charge in [0, 0.05) is 23.6 Å². The highest BCUT2D eigenvalue weighted by Crippen LogP contribution is 2.35. The molecule has 11 heteroatoms. The predicted octanol–water partition coefficient (Wildman–Crippen LogP) is 2.80. The van der Waals surface area contributed by atoms with Crippen LogP contribution < -0.4 is 4.74 Å². The molecule has 4 rings (SSSR count). The second-order valence-corrected chi connectivity index (χ2v) is 10.9. The van der Waals surface area contributed by atoms with Gasteiger partial charge in [-0.05, 0) is 30.5 Å². The molecule has 1 aromatic heterocycles. The zero-order valence-electron chi connectivity index (χ0n) is 17.6. The SMILES string of the molecule is CC(C)C[C@H]1COc2cc(Br)ccc2S(=O)(=O)N1Cc1cn(CCC2OCCO2)nn1. The Morgan fingerprint density at radius 1 is 1.26 bits per heavy atom. The van der Waals surface area contributed by atoms with E-state index < -0.39 is 10.0 Å². The molecule has 1 aromatic carbocycles. The lowest BCUT2D eigenvalue weighted by molar-refractivity contribution is -0.0496. The van der Waals surface area contributed by atoms with Crippen molar-refractivity contribution in [2.24, 2.45) is 5.92 Å².